The molecule has 0 bridgehead atoms. The molecule has 0 radical (unpaired) electrons. The Hall–Kier alpha value is -1.77. The van der Waals surface area contributed by atoms with Crippen molar-refractivity contribution in [3.05, 3.63) is 30.0 Å². The molecule has 0 aliphatic rings. The number of hydrogen-bond donors (Lipinski definition) is 1. The minimum absolute atomic E-state index is 0.147. The monoisotopic (exact) mass is 231 g/mol. The fourth-order valence-electron chi connectivity index (χ4n) is 1.82. The van der Waals surface area contributed by atoms with Gasteiger partial charge in [-0.25, -0.2) is 0 Å². The first kappa shape index (κ1) is 11.7. The molecule has 2 rings (SSSR count). The maximum atomic E-state index is 12.2. The zero-order valence-corrected chi connectivity index (χ0v) is 10.6. The smallest absolute Gasteiger partial charge is 0.170 e. The van der Waals surface area contributed by atoms with Crippen LogP contribution in [0.2, 0.25) is 0 Å². The van der Waals surface area contributed by atoms with Gasteiger partial charge in [-0.15, -0.1) is 0 Å². The van der Waals surface area contributed by atoms with Gasteiger partial charge >= 0.3 is 0 Å². The van der Waals surface area contributed by atoms with Crippen LogP contribution in [0, 0.1) is 5.41 Å². The highest BCUT2D eigenvalue weighted by molar-refractivity contribution is 6.10. The molecular formula is C14H17NO2. The molecule has 0 unspecified atom stereocenters. The number of benzene rings is 1. The Kier molecular flexibility index (Phi) is 2.69. The van der Waals surface area contributed by atoms with E-state index < -0.39 is 0 Å². The number of fused-ring (bicyclic) bond motifs is 1. The van der Waals surface area contributed by atoms with E-state index in [0.29, 0.717) is 0 Å². The molecule has 0 spiro atoms. The first-order chi connectivity index (χ1) is 7.93. The molecule has 1 aromatic heterocycles. The highest BCUT2D eigenvalue weighted by atomic mass is 16.5. The van der Waals surface area contributed by atoms with Crippen molar-refractivity contribution in [2.24, 2.45) is 5.41 Å². The van der Waals surface area contributed by atoms with Gasteiger partial charge in [0.2, 0.25) is 0 Å². The Balaban J connectivity index is 2.54. The number of nitrogens with one attached hydrogen (secondary N) is 1. The average Bonchev–Trinajstić information content (AvgIpc) is 2.69. The molecule has 1 heterocycles. The third-order valence-electron chi connectivity index (χ3n) is 2.81. The lowest BCUT2D eigenvalue weighted by atomic mass is 9.86. The molecule has 0 saturated heterocycles. The van der Waals surface area contributed by atoms with E-state index in [1.165, 1.54) is 0 Å². The van der Waals surface area contributed by atoms with Crippen LogP contribution in [0.5, 0.6) is 5.75 Å². The van der Waals surface area contributed by atoms with Gasteiger partial charge in [-0.1, -0.05) is 20.8 Å². The standard InChI is InChI=1S/C14H17NO2/c1-14(2,3)13(16)11-8-15-12-7-9(17-4)5-6-10(11)12/h5-8,15H,1-4H3. The van der Waals surface area contributed by atoms with E-state index in [0.717, 1.165) is 22.2 Å². The molecule has 0 aliphatic heterocycles. The van der Waals surface area contributed by atoms with E-state index in [-0.39, 0.29) is 11.2 Å². The van der Waals surface area contributed by atoms with Crippen LogP contribution in [0.15, 0.2) is 24.4 Å². The van der Waals surface area contributed by atoms with Crippen molar-refractivity contribution in [2.45, 2.75) is 20.8 Å². The van der Waals surface area contributed by atoms with Crippen molar-refractivity contribution in [2.75, 3.05) is 7.11 Å². The van der Waals surface area contributed by atoms with Gasteiger partial charge in [0.1, 0.15) is 5.75 Å². The third-order valence-corrected chi connectivity index (χ3v) is 2.81. The van der Waals surface area contributed by atoms with Crippen LogP contribution in [-0.4, -0.2) is 17.9 Å². The van der Waals surface area contributed by atoms with Gasteiger partial charge in [-0.2, -0.15) is 0 Å². The molecule has 17 heavy (non-hydrogen) atoms. The number of methoxy groups -OCH3 is 1. The summed E-state index contributed by atoms with van der Waals surface area (Å²) in [5.74, 6) is 0.933. The number of carbonyl (C=O) groups excluding carboxylic acids is 1. The number of H-pyrrole nitrogens is 1. The van der Waals surface area contributed by atoms with Crippen molar-refractivity contribution in [1.82, 2.24) is 4.98 Å². The molecule has 3 heteroatoms. The molecule has 0 saturated carbocycles. The highest BCUT2D eigenvalue weighted by Gasteiger charge is 2.25. The lowest BCUT2D eigenvalue weighted by Crippen LogP contribution is -2.19. The summed E-state index contributed by atoms with van der Waals surface area (Å²) >= 11 is 0. The van der Waals surface area contributed by atoms with E-state index >= 15 is 0 Å². The minimum atomic E-state index is -0.366. The normalized spacial score (nSPS) is 11.8. The maximum absolute atomic E-state index is 12.2. The van der Waals surface area contributed by atoms with Crippen molar-refractivity contribution >= 4 is 16.7 Å². The Morgan fingerprint density at radius 2 is 2.00 bits per heavy atom. The summed E-state index contributed by atoms with van der Waals surface area (Å²) in [5.41, 5.74) is 1.31. The molecule has 0 fully saturated rings. The summed E-state index contributed by atoms with van der Waals surface area (Å²) in [4.78, 5) is 15.4. The number of Topliss-reactive ketones (excluding diaryl/α,β-unsaturated/α-hetero) is 1. The van der Waals surface area contributed by atoms with E-state index in [9.17, 15) is 4.79 Å². The summed E-state index contributed by atoms with van der Waals surface area (Å²) in [6.07, 6.45) is 1.78. The Morgan fingerprint density at radius 1 is 1.29 bits per heavy atom. The maximum Gasteiger partial charge on any atom is 0.170 e. The molecule has 3 nitrogen and oxygen atoms in total. The molecular weight excluding hydrogens is 214 g/mol. The number of aromatic nitrogens is 1. The van der Waals surface area contributed by atoms with Crippen LogP contribution in [0.1, 0.15) is 31.1 Å². The van der Waals surface area contributed by atoms with E-state index in [4.69, 9.17) is 4.74 Å². The number of rotatable bonds is 2. The topological polar surface area (TPSA) is 42.1 Å². The van der Waals surface area contributed by atoms with Gasteiger partial charge < -0.3 is 9.72 Å². The Morgan fingerprint density at radius 3 is 2.59 bits per heavy atom. The van der Waals surface area contributed by atoms with Crippen LogP contribution < -0.4 is 4.74 Å². The number of ether oxygens (including phenoxy) is 1. The summed E-state index contributed by atoms with van der Waals surface area (Å²) in [6.45, 7) is 5.78. The second kappa shape index (κ2) is 3.91. The highest BCUT2D eigenvalue weighted by Crippen LogP contribution is 2.28. The molecule has 0 atom stereocenters. The molecule has 1 aromatic carbocycles. The lowest BCUT2D eigenvalue weighted by molar-refractivity contribution is 0.0860. The predicted molar refractivity (Wildman–Crippen MR) is 68.6 cm³/mol. The largest absolute Gasteiger partial charge is 0.497 e. The number of aromatic amines is 1. The molecule has 90 valence electrons. The fraction of sp³-hybridized carbons (Fsp3) is 0.357. The predicted octanol–water partition coefficient (Wildman–Crippen LogP) is 3.41. The number of carbonyl (C=O) groups is 1. The summed E-state index contributed by atoms with van der Waals surface area (Å²) < 4.78 is 5.15. The first-order valence-electron chi connectivity index (χ1n) is 5.63. The summed E-state index contributed by atoms with van der Waals surface area (Å²) in [6, 6.07) is 5.69. The van der Waals surface area contributed by atoms with Crippen LogP contribution in [0.25, 0.3) is 10.9 Å². The van der Waals surface area contributed by atoms with Crippen molar-refractivity contribution in [3.8, 4) is 5.75 Å². The second-order valence-corrected chi connectivity index (χ2v) is 5.19. The zero-order chi connectivity index (χ0) is 12.6. The fourth-order valence-corrected chi connectivity index (χ4v) is 1.82. The van der Waals surface area contributed by atoms with E-state index in [1.807, 2.05) is 39.0 Å². The zero-order valence-electron chi connectivity index (χ0n) is 10.6. The first-order valence-corrected chi connectivity index (χ1v) is 5.63. The van der Waals surface area contributed by atoms with Gasteiger partial charge in [-0.05, 0) is 12.1 Å². The number of ketones is 1. The van der Waals surface area contributed by atoms with Gasteiger partial charge in [0.05, 0.1) is 7.11 Å². The second-order valence-electron chi connectivity index (χ2n) is 5.19. The van der Waals surface area contributed by atoms with Crippen molar-refractivity contribution in [3.63, 3.8) is 0 Å². The molecule has 2 aromatic rings. The van der Waals surface area contributed by atoms with Crippen LogP contribution in [0.3, 0.4) is 0 Å². The Bertz CT molecular complexity index is 561. The van der Waals surface area contributed by atoms with E-state index in [2.05, 4.69) is 4.98 Å². The minimum Gasteiger partial charge on any atom is -0.497 e. The van der Waals surface area contributed by atoms with Crippen LogP contribution in [0.4, 0.5) is 0 Å². The molecule has 0 aliphatic carbocycles. The quantitative estimate of drug-likeness (QED) is 0.805. The van der Waals surface area contributed by atoms with Crippen molar-refractivity contribution < 1.29 is 9.53 Å². The number of hydrogen-bond acceptors (Lipinski definition) is 2. The van der Waals surface area contributed by atoms with Gasteiger partial charge in [0.15, 0.2) is 5.78 Å². The third kappa shape index (κ3) is 2.05. The van der Waals surface area contributed by atoms with Gasteiger partial charge in [0.25, 0.3) is 0 Å². The van der Waals surface area contributed by atoms with E-state index in [1.54, 1.807) is 13.3 Å². The molecule has 1 N–H and O–H groups in total. The van der Waals surface area contributed by atoms with Crippen molar-refractivity contribution in [1.29, 1.82) is 0 Å². The van der Waals surface area contributed by atoms with Gasteiger partial charge in [0, 0.05) is 34.1 Å². The molecule has 0 amide bonds. The summed E-state index contributed by atoms with van der Waals surface area (Å²) in [5, 5.41) is 0.950. The Labute approximate surface area is 101 Å². The van der Waals surface area contributed by atoms with Gasteiger partial charge in [-0.3, -0.25) is 4.79 Å². The summed E-state index contributed by atoms with van der Waals surface area (Å²) in [7, 11) is 1.63. The van der Waals surface area contributed by atoms with Crippen LogP contribution >= 0.6 is 0 Å². The average molecular weight is 231 g/mol. The SMILES string of the molecule is COc1ccc2c(C(=O)C(C)(C)C)c[nH]c2c1. The lowest BCUT2D eigenvalue weighted by Gasteiger charge is -2.15. The van der Waals surface area contributed by atoms with Crippen LogP contribution in [-0.2, 0) is 0 Å².